The second-order valence-corrected chi connectivity index (χ2v) is 7.95. The molecule has 2 aromatic carbocycles. The van der Waals surface area contributed by atoms with Crippen molar-refractivity contribution in [1.29, 1.82) is 0 Å². The molecule has 0 aromatic heterocycles. The molecule has 1 aliphatic heterocycles. The minimum atomic E-state index is -3.52. The second-order valence-electron chi connectivity index (χ2n) is 6.02. The van der Waals surface area contributed by atoms with Crippen LogP contribution in [0.4, 0.5) is 14.5 Å². The number of rotatable bonds is 6. The van der Waals surface area contributed by atoms with Crippen LogP contribution in [-0.2, 0) is 14.8 Å². The highest BCUT2D eigenvalue weighted by Crippen LogP contribution is 2.23. The highest BCUT2D eigenvalue weighted by Gasteiger charge is 2.27. The van der Waals surface area contributed by atoms with Crippen molar-refractivity contribution >= 4 is 21.6 Å². The smallest absolute Gasteiger partial charge is 0.262 e. The molecule has 1 saturated heterocycles. The van der Waals surface area contributed by atoms with Crippen molar-refractivity contribution in [2.24, 2.45) is 0 Å². The van der Waals surface area contributed by atoms with E-state index in [4.69, 9.17) is 4.74 Å². The molecule has 0 spiro atoms. The van der Waals surface area contributed by atoms with Gasteiger partial charge in [0, 0.05) is 13.1 Å². The first-order valence-electron chi connectivity index (χ1n) is 8.35. The first-order valence-corrected chi connectivity index (χ1v) is 9.79. The summed E-state index contributed by atoms with van der Waals surface area (Å²) in [6.45, 7) is 0.534. The molecular formula is C18H18F2N2O4S. The molecule has 6 nitrogen and oxygen atoms in total. The average Bonchev–Trinajstić information content (AvgIpc) is 3.19. The summed E-state index contributed by atoms with van der Waals surface area (Å²) in [4.78, 5) is 12.0. The molecule has 1 amide bonds. The number of benzene rings is 2. The topological polar surface area (TPSA) is 75.7 Å². The Morgan fingerprint density at radius 2 is 1.63 bits per heavy atom. The molecule has 0 radical (unpaired) electrons. The van der Waals surface area contributed by atoms with E-state index in [2.05, 4.69) is 5.32 Å². The molecular weight excluding hydrogens is 378 g/mol. The van der Waals surface area contributed by atoms with Crippen LogP contribution in [0.25, 0.3) is 0 Å². The summed E-state index contributed by atoms with van der Waals surface area (Å²) in [6.07, 6.45) is 1.69. The van der Waals surface area contributed by atoms with E-state index in [-0.39, 0.29) is 10.6 Å². The normalized spacial score (nSPS) is 14.9. The molecule has 144 valence electrons. The van der Waals surface area contributed by atoms with Gasteiger partial charge in [-0.1, -0.05) is 6.07 Å². The predicted octanol–water partition coefficient (Wildman–Crippen LogP) is 2.77. The summed E-state index contributed by atoms with van der Waals surface area (Å²) in [5.41, 5.74) is -0.543. The molecule has 0 aliphatic carbocycles. The number of nitrogens with zero attached hydrogens (tertiary/aromatic N) is 1. The van der Waals surface area contributed by atoms with Crippen molar-refractivity contribution in [2.75, 3.05) is 25.0 Å². The summed E-state index contributed by atoms with van der Waals surface area (Å²) in [5, 5.41) is 2.10. The van der Waals surface area contributed by atoms with Crippen LogP contribution >= 0.6 is 0 Å². The summed E-state index contributed by atoms with van der Waals surface area (Å²) in [6, 6.07) is 8.90. The number of nitrogens with one attached hydrogen (secondary N) is 1. The van der Waals surface area contributed by atoms with Gasteiger partial charge in [-0.15, -0.1) is 0 Å². The Hall–Kier alpha value is -2.52. The zero-order valence-corrected chi connectivity index (χ0v) is 15.1. The van der Waals surface area contributed by atoms with Crippen LogP contribution in [0, 0.1) is 11.6 Å². The number of sulfonamides is 1. The molecule has 1 aliphatic rings. The maximum Gasteiger partial charge on any atom is 0.262 e. The lowest BCUT2D eigenvalue weighted by Crippen LogP contribution is -2.27. The molecule has 27 heavy (non-hydrogen) atoms. The molecule has 1 N–H and O–H groups in total. The van der Waals surface area contributed by atoms with Gasteiger partial charge in [-0.25, -0.2) is 17.2 Å². The standard InChI is InChI=1S/C18H18F2N2O4S/c19-15-4-3-5-16(20)18(15)21-17(23)12-26-13-6-8-14(9-7-13)27(24,25)22-10-1-2-11-22/h3-9H,1-2,10-12H2,(H,21,23). The number of hydrogen-bond donors (Lipinski definition) is 1. The summed E-state index contributed by atoms with van der Waals surface area (Å²) < 4.78 is 58.5. The molecule has 1 fully saturated rings. The fourth-order valence-corrected chi connectivity index (χ4v) is 4.24. The van der Waals surface area contributed by atoms with E-state index < -0.39 is 39.9 Å². The van der Waals surface area contributed by atoms with E-state index in [1.54, 1.807) is 0 Å². The van der Waals surface area contributed by atoms with E-state index in [1.165, 1.54) is 34.6 Å². The largest absolute Gasteiger partial charge is 0.484 e. The van der Waals surface area contributed by atoms with Gasteiger partial charge in [0.1, 0.15) is 23.1 Å². The van der Waals surface area contributed by atoms with Crippen molar-refractivity contribution in [3.8, 4) is 5.75 Å². The molecule has 0 bridgehead atoms. The Bertz CT molecular complexity index is 907. The Labute approximate surface area is 155 Å². The van der Waals surface area contributed by atoms with Crippen LogP contribution in [0.15, 0.2) is 47.4 Å². The third-order valence-corrected chi connectivity index (χ3v) is 6.04. The first kappa shape index (κ1) is 19.2. The van der Waals surface area contributed by atoms with E-state index in [0.717, 1.165) is 25.0 Å². The van der Waals surface area contributed by atoms with E-state index in [1.807, 2.05) is 0 Å². The maximum atomic E-state index is 13.5. The zero-order valence-electron chi connectivity index (χ0n) is 14.3. The van der Waals surface area contributed by atoms with Crippen LogP contribution in [0.1, 0.15) is 12.8 Å². The Kier molecular flexibility index (Phi) is 5.71. The Morgan fingerprint density at radius 1 is 1.04 bits per heavy atom. The monoisotopic (exact) mass is 396 g/mol. The number of carbonyl (C=O) groups is 1. The molecule has 0 saturated carbocycles. The molecule has 3 rings (SSSR count). The third kappa shape index (κ3) is 4.42. The van der Waals surface area contributed by atoms with E-state index in [9.17, 15) is 22.0 Å². The highest BCUT2D eigenvalue weighted by molar-refractivity contribution is 7.89. The van der Waals surface area contributed by atoms with Crippen molar-refractivity contribution in [1.82, 2.24) is 4.31 Å². The highest BCUT2D eigenvalue weighted by atomic mass is 32.2. The fraction of sp³-hybridized carbons (Fsp3) is 0.278. The lowest BCUT2D eigenvalue weighted by atomic mass is 10.3. The molecule has 0 unspecified atom stereocenters. The number of amides is 1. The first-order chi connectivity index (χ1) is 12.9. The number of para-hydroxylation sites is 1. The predicted molar refractivity (Wildman–Crippen MR) is 94.9 cm³/mol. The third-order valence-electron chi connectivity index (χ3n) is 4.12. The molecule has 1 heterocycles. The quantitative estimate of drug-likeness (QED) is 0.815. The van der Waals surface area contributed by atoms with Gasteiger partial charge >= 0.3 is 0 Å². The number of carbonyl (C=O) groups excluding carboxylic acids is 1. The zero-order chi connectivity index (χ0) is 19.4. The van der Waals surface area contributed by atoms with Gasteiger partial charge in [0.15, 0.2) is 6.61 Å². The lowest BCUT2D eigenvalue weighted by molar-refractivity contribution is -0.118. The fourth-order valence-electron chi connectivity index (χ4n) is 2.73. The van der Waals surface area contributed by atoms with Gasteiger partial charge in [-0.3, -0.25) is 4.79 Å². The number of halogens is 2. The van der Waals surface area contributed by atoms with E-state index in [0.29, 0.717) is 13.1 Å². The van der Waals surface area contributed by atoms with Crippen LogP contribution in [0.2, 0.25) is 0 Å². The number of ether oxygens (including phenoxy) is 1. The number of hydrogen-bond acceptors (Lipinski definition) is 4. The van der Waals surface area contributed by atoms with Gasteiger partial charge in [0.05, 0.1) is 4.90 Å². The summed E-state index contributed by atoms with van der Waals surface area (Å²) in [7, 11) is -3.52. The van der Waals surface area contributed by atoms with Crippen LogP contribution < -0.4 is 10.1 Å². The van der Waals surface area contributed by atoms with Crippen LogP contribution in [0.5, 0.6) is 5.75 Å². The van der Waals surface area contributed by atoms with Gasteiger partial charge in [0.25, 0.3) is 5.91 Å². The van der Waals surface area contributed by atoms with Crippen LogP contribution in [0.3, 0.4) is 0 Å². The average molecular weight is 396 g/mol. The molecule has 0 atom stereocenters. The summed E-state index contributed by atoms with van der Waals surface area (Å²) in [5.74, 6) is -2.26. The molecule has 2 aromatic rings. The van der Waals surface area contributed by atoms with Crippen molar-refractivity contribution in [2.45, 2.75) is 17.7 Å². The van der Waals surface area contributed by atoms with Gasteiger partial charge in [-0.05, 0) is 49.2 Å². The maximum absolute atomic E-state index is 13.5. The summed E-state index contributed by atoms with van der Waals surface area (Å²) >= 11 is 0. The Morgan fingerprint density at radius 3 is 2.22 bits per heavy atom. The Balaban J connectivity index is 1.59. The lowest BCUT2D eigenvalue weighted by Gasteiger charge is -2.15. The van der Waals surface area contributed by atoms with Gasteiger partial charge in [-0.2, -0.15) is 4.31 Å². The number of anilines is 1. The van der Waals surface area contributed by atoms with Crippen molar-refractivity contribution in [3.63, 3.8) is 0 Å². The van der Waals surface area contributed by atoms with E-state index >= 15 is 0 Å². The van der Waals surface area contributed by atoms with Gasteiger partial charge < -0.3 is 10.1 Å². The minimum Gasteiger partial charge on any atom is -0.484 e. The van der Waals surface area contributed by atoms with Crippen molar-refractivity contribution < 1.29 is 26.7 Å². The minimum absolute atomic E-state index is 0.148. The second kappa shape index (κ2) is 8.01. The van der Waals surface area contributed by atoms with Crippen LogP contribution in [-0.4, -0.2) is 38.3 Å². The SMILES string of the molecule is O=C(COc1ccc(S(=O)(=O)N2CCCC2)cc1)Nc1c(F)cccc1F. The van der Waals surface area contributed by atoms with Crippen molar-refractivity contribution in [3.05, 3.63) is 54.1 Å². The molecule has 9 heteroatoms. The van der Waals surface area contributed by atoms with Gasteiger partial charge in [0.2, 0.25) is 10.0 Å².